The molecular weight excluding hydrogens is 364 g/mol. The fourth-order valence-corrected chi connectivity index (χ4v) is 2.58. The van der Waals surface area contributed by atoms with Crippen LogP contribution in [0.3, 0.4) is 0 Å². The first-order valence-electron chi connectivity index (χ1n) is 7.66. The number of rotatable bonds is 6. The highest BCUT2D eigenvalue weighted by Gasteiger charge is 2.22. The van der Waals surface area contributed by atoms with Gasteiger partial charge in [0.25, 0.3) is 0 Å². The van der Waals surface area contributed by atoms with Crippen LogP contribution in [-0.2, 0) is 11.3 Å². The molecule has 1 heterocycles. The molecule has 0 aliphatic carbocycles. The fourth-order valence-electron chi connectivity index (χ4n) is 2.58. The number of methoxy groups -OCH3 is 1. The van der Waals surface area contributed by atoms with Crippen LogP contribution in [-0.4, -0.2) is 27.6 Å². The molecule has 8 nitrogen and oxygen atoms in total. The van der Waals surface area contributed by atoms with Crippen molar-refractivity contribution in [2.45, 2.75) is 13.2 Å². The first-order chi connectivity index (χ1) is 12.9. The maximum absolute atomic E-state index is 13.4. The second-order valence-corrected chi connectivity index (χ2v) is 5.38. The standard InChI is InChI=1S/C17H13F2N3O5/c1-26-16(23)10-6-7-14(13(8-10)22(24)25)27-9-15-20-11-4-2-3-5-12(11)21(15)17(18)19/h2-8,17H,9H2,1H3. The van der Waals surface area contributed by atoms with Gasteiger partial charge in [0.1, 0.15) is 6.61 Å². The van der Waals surface area contributed by atoms with Crippen molar-refractivity contribution in [2.24, 2.45) is 0 Å². The number of ether oxygens (including phenoxy) is 2. The molecule has 0 unspecified atom stereocenters. The summed E-state index contributed by atoms with van der Waals surface area (Å²) in [7, 11) is 1.15. The van der Waals surface area contributed by atoms with E-state index in [1.807, 2.05) is 0 Å². The van der Waals surface area contributed by atoms with Gasteiger partial charge in [-0.1, -0.05) is 12.1 Å². The van der Waals surface area contributed by atoms with Crippen molar-refractivity contribution >= 4 is 22.7 Å². The summed E-state index contributed by atoms with van der Waals surface area (Å²) in [6.07, 6.45) is 0. The van der Waals surface area contributed by atoms with E-state index in [1.165, 1.54) is 18.2 Å². The Bertz CT molecular complexity index is 1020. The minimum Gasteiger partial charge on any atom is -0.479 e. The summed E-state index contributed by atoms with van der Waals surface area (Å²) in [4.78, 5) is 26.1. The Balaban J connectivity index is 1.93. The lowest BCUT2D eigenvalue weighted by atomic mass is 10.2. The van der Waals surface area contributed by atoms with E-state index in [2.05, 4.69) is 9.72 Å². The maximum Gasteiger partial charge on any atom is 0.338 e. The molecular formula is C17H13F2N3O5. The number of hydrogen-bond acceptors (Lipinski definition) is 6. The van der Waals surface area contributed by atoms with E-state index in [0.29, 0.717) is 10.1 Å². The molecule has 0 atom stereocenters. The number of aromatic nitrogens is 2. The molecule has 3 rings (SSSR count). The van der Waals surface area contributed by atoms with Crippen LogP contribution >= 0.6 is 0 Å². The SMILES string of the molecule is COC(=O)c1ccc(OCc2nc3ccccc3n2C(F)F)c([N+](=O)[O-])c1. The Labute approximate surface area is 151 Å². The van der Waals surface area contributed by atoms with E-state index >= 15 is 0 Å². The average molecular weight is 377 g/mol. The van der Waals surface area contributed by atoms with Crippen LogP contribution in [0.5, 0.6) is 5.75 Å². The van der Waals surface area contributed by atoms with E-state index < -0.39 is 29.7 Å². The minimum atomic E-state index is -2.85. The molecule has 0 radical (unpaired) electrons. The van der Waals surface area contributed by atoms with Crippen LogP contribution in [0.4, 0.5) is 14.5 Å². The van der Waals surface area contributed by atoms with Crippen LogP contribution < -0.4 is 4.74 Å². The molecule has 0 saturated heterocycles. The number of carbonyl (C=O) groups excluding carboxylic acids is 1. The lowest BCUT2D eigenvalue weighted by molar-refractivity contribution is -0.386. The first-order valence-corrected chi connectivity index (χ1v) is 7.66. The third-order valence-electron chi connectivity index (χ3n) is 3.80. The number of carbonyl (C=O) groups is 1. The monoisotopic (exact) mass is 377 g/mol. The number of halogens is 2. The summed E-state index contributed by atoms with van der Waals surface area (Å²) in [5, 5.41) is 11.2. The highest BCUT2D eigenvalue weighted by molar-refractivity contribution is 5.90. The van der Waals surface area contributed by atoms with Gasteiger partial charge in [0.15, 0.2) is 11.6 Å². The van der Waals surface area contributed by atoms with Gasteiger partial charge >= 0.3 is 18.2 Å². The molecule has 0 N–H and O–H groups in total. The number of nitrogens with zero attached hydrogens (tertiary/aromatic N) is 3. The summed E-state index contributed by atoms with van der Waals surface area (Å²) in [5.41, 5.74) is 0.0579. The highest BCUT2D eigenvalue weighted by Crippen LogP contribution is 2.30. The molecule has 1 aromatic heterocycles. The highest BCUT2D eigenvalue weighted by atomic mass is 19.3. The molecule has 0 fully saturated rings. The normalized spacial score (nSPS) is 11.0. The smallest absolute Gasteiger partial charge is 0.338 e. The maximum atomic E-state index is 13.4. The van der Waals surface area contributed by atoms with Gasteiger partial charge in [0, 0.05) is 6.07 Å². The average Bonchev–Trinajstić information content (AvgIpc) is 3.04. The predicted molar refractivity (Wildman–Crippen MR) is 89.8 cm³/mol. The Kier molecular flexibility index (Phi) is 4.97. The summed E-state index contributed by atoms with van der Waals surface area (Å²) in [5.74, 6) is -1.01. The molecule has 0 saturated carbocycles. The van der Waals surface area contributed by atoms with Crippen LogP contribution in [0.2, 0.25) is 0 Å². The van der Waals surface area contributed by atoms with Crippen molar-refractivity contribution in [3.05, 3.63) is 64.0 Å². The Morgan fingerprint density at radius 1 is 1.30 bits per heavy atom. The van der Waals surface area contributed by atoms with Crippen molar-refractivity contribution in [1.82, 2.24) is 9.55 Å². The van der Waals surface area contributed by atoms with E-state index in [-0.39, 0.29) is 22.7 Å². The third-order valence-corrected chi connectivity index (χ3v) is 3.80. The summed E-state index contributed by atoms with van der Waals surface area (Å²) in [6.45, 7) is -3.27. The van der Waals surface area contributed by atoms with Crippen molar-refractivity contribution < 1.29 is 28.0 Å². The fraction of sp³-hybridized carbons (Fsp3) is 0.176. The van der Waals surface area contributed by atoms with Crippen molar-refractivity contribution in [1.29, 1.82) is 0 Å². The number of benzene rings is 2. The number of nitro groups is 1. The zero-order chi connectivity index (χ0) is 19.6. The third kappa shape index (κ3) is 3.54. The van der Waals surface area contributed by atoms with Gasteiger partial charge in [-0.3, -0.25) is 14.7 Å². The molecule has 0 amide bonds. The van der Waals surface area contributed by atoms with Crippen molar-refractivity contribution in [2.75, 3.05) is 7.11 Å². The van der Waals surface area contributed by atoms with E-state index in [0.717, 1.165) is 13.2 Å². The van der Waals surface area contributed by atoms with Gasteiger partial charge < -0.3 is 9.47 Å². The topological polar surface area (TPSA) is 96.5 Å². The Hall–Kier alpha value is -3.56. The van der Waals surface area contributed by atoms with Gasteiger partial charge in [0.05, 0.1) is 28.6 Å². The van der Waals surface area contributed by atoms with Crippen molar-refractivity contribution in [3.8, 4) is 5.75 Å². The number of imidazole rings is 1. The van der Waals surface area contributed by atoms with Crippen molar-refractivity contribution in [3.63, 3.8) is 0 Å². The van der Waals surface area contributed by atoms with E-state index in [1.54, 1.807) is 18.2 Å². The quantitative estimate of drug-likeness (QED) is 0.369. The molecule has 0 aliphatic heterocycles. The molecule has 10 heteroatoms. The van der Waals surface area contributed by atoms with Crippen LogP contribution in [0.25, 0.3) is 11.0 Å². The van der Waals surface area contributed by atoms with Gasteiger partial charge in [0.2, 0.25) is 0 Å². The van der Waals surface area contributed by atoms with Gasteiger partial charge in [-0.15, -0.1) is 0 Å². The lowest BCUT2D eigenvalue weighted by Crippen LogP contribution is -2.09. The molecule has 3 aromatic rings. The first kappa shape index (κ1) is 18.2. The Morgan fingerprint density at radius 2 is 2.04 bits per heavy atom. The van der Waals surface area contributed by atoms with Crippen LogP contribution in [0.15, 0.2) is 42.5 Å². The zero-order valence-corrected chi connectivity index (χ0v) is 14.0. The molecule has 0 bridgehead atoms. The molecule has 0 aliphatic rings. The number of esters is 1. The van der Waals surface area contributed by atoms with Gasteiger partial charge in [-0.05, 0) is 24.3 Å². The summed E-state index contributed by atoms with van der Waals surface area (Å²) < 4.78 is 37.4. The minimum absolute atomic E-state index is 0.0311. The zero-order valence-electron chi connectivity index (χ0n) is 14.0. The number of alkyl halides is 2. The number of nitro benzene ring substituents is 1. The number of hydrogen-bond donors (Lipinski definition) is 0. The van der Waals surface area contributed by atoms with Crippen LogP contribution in [0, 0.1) is 10.1 Å². The van der Waals surface area contributed by atoms with E-state index in [9.17, 15) is 23.7 Å². The molecule has 140 valence electrons. The second kappa shape index (κ2) is 7.36. The molecule has 2 aromatic carbocycles. The van der Waals surface area contributed by atoms with Crippen LogP contribution in [0.1, 0.15) is 22.7 Å². The molecule has 27 heavy (non-hydrogen) atoms. The lowest BCUT2D eigenvalue weighted by Gasteiger charge is -2.10. The van der Waals surface area contributed by atoms with Gasteiger partial charge in [-0.2, -0.15) is 8.78 Å². The number of para-hydroxylation sites is 2. The Morgan fingerprint density at radius 3 is 2.70 bits per heavy atom. The summed E-state index contributed by atoms with van der Waals surface area (Å²) >= 11 is 0. The second-order valence-electron chi connectivity index (χ2n) is 5.38. The van der Waals surface area contributed by atoms with Gasteiger partial charge in [-0.25, -0.2) is 9.78 Å². The largest absolute Gasteiger partial charge is 0.479 e. The number of fused-ring (bicyclic) bond motifs is 1. The summed E-state index contributed by atoms with van der Waals surface area (Å²) in [6, 6.07) is 9.81. The molecule has 0 spiro atoms. The van der Waals surface area contributed by atoms with E-state index in [4.69, 9.17) is 4.74 Å². The predicted octanol–water partition coefficient (Wildman–Crippen LogP) is 3.71.